The van der Waals surface area contributed by atoms with Gasteiger partial charge in [-0.25, -0.2) is 0 Å². The number of rotatable bonds is 7. The van der Waals surface area contributed by atoms with Gasteiger partial charge in [0.25, 0.3) is 0 Å². The van der Waals surface area contributed by atoms with Crippen LogP contribution < -0.4 is 4.90 Å². The van der Waals surface area contributed by atoms with Gasteiger partial charge in [-0.15, -0.1) is 0 Å². The smallest absolute Gasteiger partial charge is 0.0575 e. The Balaban J connectivity index is 1.13. The van der Waals surface area contributed by atoms with Gasteiger partial charge in [-0.3, -0.25) is 0 Å². The third-order valence-electron chi connectivity index (χ3n) is 11.5. The van der Waals surface area contributed by atoms with Gasteiger partial charge in [0, 0.05) is 16.5 Å². The SMILES string of the molecule is C=Cc1cc(-c2ccc(N(c3c4ccccc4cc4ccccc34)C3C=CC(c4cc5ccccc5c5ccccc45)=CC3)cc2)c2ccccc2c1C=C. The topological polar surface area (TPSA) is 3.24 Å². The van der Waals surface area contributed by atoms with Crippen molar-refractivity contribution in [3.8, 4) is 11.1 Å². The summed E-state index contributed by atoms with van der Waals surface area (Å²) in [5.41, 5.74) is 9.51. The predicted octanol–water partition coefficient (Wildman–Crippen LogP) is 15.0. The molecule has 0 aliphatic heterocycles. The number of anilines is 2. The lowest BCUT2D eigenvalue weighted by atomic mass is 9.89. The maximum absolute atomic E-state index is 4.14. The molecule has 9 aromatic carbocycles. The standard InChI is InChI=1S/C54H39N/c1-3-36-34-52(50-23-13-11-21-48(50)44(36)4-2)37-25-29-42(30-26-37)55(54-46-19-9-6-15-39(46)33-40-16-7-10-20-47(40)54)43-31-27-38(28-32-43)53-35-41-17-5-8-18-45(41)49-22-12-14-24-51(49)53/h3-31,33-35,43H,1-2,32H2. The van der Waals surface area contributed by atoms with Gasteiger partial charge in [-0.05, 0) is 113 Å². The van der Waals surface area contributed by atoms with E-state index in [0.717, 1.165) is 23.2 Å². The molecule has 0 amide bonds. The predicted molar refractivity (Wildman–Crippen MR) is 240 cm³/mol. The van der Waals surface area contributed by atoms with Crippen LogP contribution in [-0.2, 0) is 0 Å². The molecule has 10 rings (SSSR count). The lowest BCUT2D eigenvalue weighted by Gasteiger charge is -2.35. The summed E-state index contributed by atoms with van der Waals surface area (Å²) in [6.45, 7) is 8.26. The first-order valence-electron chi connectivity index (χ1n) is 19.1. The van der Waals surface area contributed by atoms with Crippen LogP contribution in [0.2, 0.25) is 0 Å². The summed E-state index contributed by atoms with van der Waals surface area (Å²) in [5, 5.41) is 12.5. The van der Waals surface area contributed by atoms with Crippen molar-refractivity contribution in [2.45, 2.75) is 12.5 Å². The van der Waals surface area contributed by atoms with Gasteiger partial charge < -0.3 is 4.90 Å². The van der Waals surface area contributed by atoms with Crippen molar-refractivity contribution in [2.75, 3.05) is 4.90 Å². The van der Waals surface area contributed by atoms with Gasteiger partial charge in [0.1, 0.15) is 0 Å². The molecule has 55 heavy (non-hydrogen) atoms. The van der Waals surface area contributed by atoms with E-state index in [0.29, 0.717) is 0 Å². The Labute approximate surface area is 322 Å². The normalized spacial score (nSPS) is 14.1. The molecule has 0 N–H and O–H groups in total. The van der Waals surface area contributed by atoms with Crippen LogP contribution in [0.15, 0.2) is 195 Å². The fraction of sp³-hybridized carbons (Fsp3) is 0.0370. The molecule has 0 saturated carbocycles. The number of nitrogens with zero attached hydrogens (tertiary/aromatic N) is 1. The summed E-state index contributed by atoms with van der Waals surface area (Å²) in [5.74, 6) is 0. The van der Waals surface area contributed by atoms with Gasteiger partial charge in [0.15, 0.2) is 0 Å². The summed E-state index contributed by atoms with van der Waals surface area (Å²) in [7, 11) is 0. The highest BCUT2D eigenvalue weighted by atomic mass is 15.2. The third kappa shape index (κ3) is 5.47. The monoisotopic (exact) mass is 701 g/mol. The molecule has 0 heterocycles. The molecule has 0 spiro atoms. The van der Waals surface area contributed by atoms with E-state index in [2.05, 4.69) is 200 Å². The van der Waals surface area contributed by atoms with E-state index in [9.17, 15) is 0 Å². The molecule has 260 valence electrons. The molecule has 0 aromatic heterocycles. The van der Waals surface area contributed by atoms with Gasteiger partial charge in [0.05, 0.1) is 11.7 Å². The van der Waals surface area contributed by atoms with Crippen molar-refractivity contribution in [1.82, 2.24) is 0 Å². The lowest BCUT2D eigenvalue weighted by molar-refractivity contribution is 0.792. The maximum atomic E-state index is 4.14. The second-order valence-corrected chi connectivity index (χ2v) is 14.5. The summed E-state index contributed by atoms with van der Waals surface area (Å²) in [6, 6.07) is 60.0. The minimum absolute atomic E-state index is 0.0932. The number of benzene rings is 9. The Morgan fingerprint density at radius 3 is 1.64 bits per heavy atom. The van der Waals surface area contributed by atoms with Crippen LogP contribution in [-0.4, -0.2) is 6.04 Å². The van der Waals surface area contributed by atoms with Crippen LogP contribution in [0, 0.1) is 0 Å². The van der Waals surface area contributed by atoms with Crippen molar-refractivity contribution in [1.29, 1.82) is 0 Å². The lowest BCUT2D eigenvalue weighted by Crippen LogP contribution is -2.30. The van der Waals surface area contributed by atoms with Crippen LogP contribution in [0.3, 0.4) is 0 Å². The fourth-order valence-electron chi connectivity index (χ4n) is 8.89. The van der Waals surface area contributed by atoms with E-state index in [4.69, 9.17) is 0 Å². The molecule has 0 radical (unpaired) electrons. The highest BCUT2D eigenvalue weighted by Gasteiger charge is 2.25. The van der Waals surface area contributed by atoms with Crippen LogP contribution in [0.5, 0.6) is 0 Å². The minimum Gasteiger partial charge on any atom is -0.333 e. The molecule has 1 unspecified atom stereocenters. The highest BCUT2D eigenvalue weighted by Crippen LogP contribution is 2.44. The zero-order valence-corrected chi connectivity index (χ0v) is 30.6. The van der Waals surface area contributed by atoms with E-state index in [-0.39, 0.29) is 6.04 Å². The van der Waals surface area contributed by atoms with Gasteiger partial charge in [0.2, 0.25) is 0 Å². The Kier molecular flexibility index (Phi) is 8.00. The van der Waals surface area contributed by atoms with E-state index in [1.165, 1.54) is 81.8 Å². The molecule has 1 heteroatoms. The molecule has 0 fully saturated rings. The van der Waals surface area contributed by atoms with E-state index < -0.39 is 0 Å². The van der Waals surface area contributed by atoms with Crippen molar-refractivity contribution in [3.63, 3.8) is 0 Å². The van der Waals surface area contributed by atoms with Crippen LogP contribution in [0.25, 0.3) is 82.7 Å². The summed E-state index contributed by atoms with van der Waals surface area (Å²) >= 11 is 0. The molecule has 0 saturated heterocycles. The first-order chi connectivity index (χ1) is 27.2. The second-order valence-electron chi connectivity index (χ2n) is 14.5. The third-order valence-corrected chi connectivity index (χ3v) is 11.5. The molecule has 1 atom stereocenters. The first kappa shape index (κ1) is 32.7. The molecule has 1 nitrogen and oxygen atoms in total. The van der Waals surface area contributed by atoms with Gasteiger partial charge in [-0.1, -0.05) is 177 Å². The molecular formula is C54H39N. The Morgan fingerprint density at radius 1 is 0.491 bits per heavy atom. The van der Waals surface area contributed by atoms with Crippen molar-refractivity contribution in [2.24, 2.45) is 0 Å². The first-order valence-corrected chi connectivity index (χ1v) is 19.1. The van der Waals surface area contributed by atoms with Crippen molar-refractivity contribution >= 4 is 83.0 Å². The Bertz CT molecular complexity index is 3000. The number of hydrogen-bond acceptors (Lipinski definition) is 1. The van der Waals surface area contributed by atoms with E-state index in [1.807, 2.05) is 12.2 Å². The van der Waals surface area contributed by atoms with Crippen molar-refractivity contribution < 1.29 is 0 Å². The van der Waals surface area contributed by atoms with Gasteiger partial charge >= 0.3 is 0 Å². The molecular weight excluding hydrogens is 663 g/mol. The van der Waals surface area contributed by atoms with E-state index in [1.54, 1.807) is 0 Å². The average Bonchev–Trinajstić information content (AvgIpc) is 3.26. The largest absolute Gasteiger partial charge is 0.333 e. The van der Waals surface area contributed by atoms with Gasteiger partial charge in [-0.2, -0.15) is 0 Å². The van der Waals surface area contributed by atoms with Crippen LogP contribution in [0.4, 0.5) is 11.4 Å². The molecule has 0 bridgehead atoms. The summed E-state index contributed by atoms with van der Waals surface area (Å²) < 4.78 is 0. The maximum Gasteiger partial charge on any atom is 0.0575 e. The van der Waals surface area contributed by atoms with Crippen LogP contribution >= 0.6 is 0 Å². The zero-order valence-electron chi connectivity index (χ0n) is 30.6. The average molecular weight is 702 g/mol. The van der Waals surface area contributed by atoms with Crippen molar-refractivity contribution in [3.05, 3.63) is 212 Å². The van der Waals surface area contributed by atoms with Crippen LogP contribution in [0.1, 0.15) is 23.1 Å². The summed E-state index contributed by atoms with van der Waals surface area (Å²) in [4.78, 5) is 2.57. The molecule has 9 aromatic rings. The fourth-order valence-corrected chi connectivity index (χ4v) is 8.89. The van der Waals surface area contributed by atoms with E-state index >= 15 is 0 Å². The Hall–Kier alpha value is -6.96. The quantitative estimate of drug-likeness (QED) is 0.118. The molecule has 1 aliphatic rings. The number of hydrogen-bond donors (Lipinski definition) is 0. The minimum atomic E-state index is 0.0932. The summed E-state index contributed by atoms with van der Waals surface area (Å²) in [6.07, 6.45) is 12.0. The second kappa shape index (κ2) is 13.5. The number of allylic oxidation sites excluding steroid dienone is 2. The number of fused-ring (bicyclic) bond motifs is 6. The molecule has 1 aliphatic carbocycles. The Morgan fingerprint density at radius 2 is 1.04 bits per heavy atom. The zero-order chi connectivity index (χ0) is 36.9. The highest BCUT2D eigenvalue weighted by molar-refractivity contribution is 6.14.